The maximum absolute atomic E-state index is 14.5. The molecule has 1 atom stereocenters. The van der Waals surface area contributed by atoms with Gasteiger partial charge in [-0.05, 0) is 61.4 Å². The van der Waals surface area contributed by atoms with Crippen molar-refractivity contribution in [3.8, 4) is 5.75 Å². The molecule has 1 aliphatic carbocycles. The average Bonchev–Trinajstić information content (AvgIpc) is 3.57. The highest BCUT2D eigenvalue weighted by atomic mass is 35.5. The molecular formula is C23H22Cl2FNO4. The van der Waals surface area contributed by atoms with Crippen LogP contribution >= 0.6 is 23.2 Å². The lowest BCUT2D eigenvalue weighted by Gasteiger charge is -2.33. The number of nitrogens with zero attached hydrogens (tertiary/aromatic N) is 1. The predicted octanol–water partition coefficient (Wildman–Crippen LogP) is 5.48. The third-order valence-electron chi connectivity index (χ3n) is 5.59. The molecule has 1 aliphatic heterocycles. The molecule has 2 aromatic carbocycles. The van der Waals surface area contributed by atoms with Crippen LogP contribution in [0.25, 0.3) is 0 Å². The molecule has 0 aromatic heterocycles. The molecule has 2 fully saturated rings. The van der Waals surface area contributed by atoms with Gasteiger partial charge in [-0.1, -0.05) is 23.2 Å². The molecule has 1 saturated heterocycles. The Hall–Kier alpha value is -2.31. The van der Waals surface area contributed by atoms with Gasteiger partial charge in [0.15, 0.2) is 0 Å². The van der Waals surface area contributed by atoms with Crippen molar-refractivity contribution in [2.45, 2.75) is 37.7 Å². The van der Waals surface area contributed by atoms with Gasteiger partial charge < -0.3 is 14.4 Å². The normalized spacial score (nSPS) is 18.6. The fraction of sp³-hybridized carbons (Fsp3) is 0.391. The maximum Gasteiger partial charge on any atom is 0.340 e. The van der Waals surface area contributed by atoms with Crippen LogP contribution in [0.4, 0.5) is 4.39 Å². The van der Waals surface area contributed by atoms with Crippen LogP contribution in [0, 0.1) is 5.82 Å². The molecule has 1 heterocycles. The van der Waals surface area contributed by atoms with Crippen molar-refractivity contribution in [1.82, 2.24) is 4.90 Å². The van der Waals surface area contributed by atoms with Crippen LogP contribution in [0.2, 0.25) is 10.0 Å². The minimum Gasteiger partial charge on any atom is -0.488 e. The number of hydrogen-bond acceptors (Lipinski definition) is 4. The Labute approximate surface area is 190 Å². The number of halogens is 3. The van der Waals surface area contributed by atoms with Gasteiger partial charge in [0, 0.05) is 28.2 Å². The van der Waals surface area contributed by atoms with Crippen LogP contribution < -0.4 is 4.74 Å². The summed E-state index contributed by atoms with van der Waals surface area (Å²) in [6.45, 7) is 0.960. The molecule has 0 spiro atoms. The van der Waals surface area contributed by atoms with E-state index in [1.165, 1.54) is 19.2 Å². The first-order valence-corrected chi connectivity index (χ1v) is 10.9. The molecule has 1 amide bonds. The lowest BCUT2D eigenvalue weighted by Crippen LogP contribution is -2.44. The topological polar surface area (TPSA) is 55.8 Å². The van der Waals surface area contributed by atoms with Crippen LogP contribution in [0.5, 0.6) is 5.75 Å². The van der Waals surface area contributed by atoms with Gasteiger partial charge in [-0.15, -0.1) is 0 Å². The summed E-state index contributed by atoms with van der Waals surface area (Å²) in [7, 11) is 1.23. The second-order valence-electron chi connectivity index (χ2n) is 7.93. The first kappa shape index (κ1) is 21.9. The number of methoxy groups -OCH3 is 1. The second kappa shape index (κ2) is 9.05. The average molecular weight is 466 g/mol. The highest BCUT2D eigenvalue weighted by Gasteiger charge is 2.32. The van der Waals surface area contributed by atoms with Crippen LogP contribution in [-0.4, -0.2) is 43.1 Å². The van der Waals surface area contributed by atoms with E-state index in [9.17, 15) is 14.0 Å². The fourth-order valence-corrected chi connectivity index (χ4v) is 4.44. The molecule has 4 rings (SSSR count). The number of rotatable bonds is 5. The zero-order valence-electron chi connectivity index (χ0n) is 17.0. The van der Waals surface area contributed by atoms with E-state index in [1.54, 1.807) is 23.1 Å². The monoisotopic (exact) mass is 465 g/mol. The highest BCUT2D eigenvalue weighted by Crippen LogP contribution is 2.45. The zero-order valence-corrected chi connectivity index (χ0v) is 18.5. The SMILES string of the molecule is COC(=O)c1cc(C2CC2)c(OC2CCCN(C(=O)c3cc(Cl)cc(Cl)c3)C2)cc1F. The number of amides is 1. The van der Waals surface area contributed by atoms with E-state index >= 15 is 0 Å². The van der Waals surface area contributed by atoms with Crippen molar-refractivity contribution >= 4 is 35.1 Å². The summed E-state index contributed by atoms with van der Waals surface area (Å²) in [6, 6.07) is 7.55. The van der Waals surface area contributed by atoms with E-state index in [1.807, 2.05) is 0 Å². The third-order valence-corrected chi connectivity index (χ3v) is 6.03. The minimum absolute atomic E-state index is 0.0879. The molecule has 2 aromatic rings. The van der Waals surface area contributed by atoms with E-state index < -0.39 is 11.8 Å². The van der Waals surface area contributed by atoms with E-state index in [2.05, 4.69) is 4.74 Å². The summed E-state index contributed by atoms with van der Waals surface area (Å²) < 4.78 is 25.4. The van der Waals surface area contributed by atoms with Crippen LogP contribution in [0.3, 0.4) is 0 Å². The molecule has 0 radical (unpaired) electrons. The summed E-state index contributed by atoms with van der Waals surface area (Å²) in [5.74, 6) is -0.886. The Morgan fingerprint density at radius 3 is 2.42 bits per heavy atom. The van der Waals surface area contributed by atoms with Gasteiger partial charge in [0.1, 0.15) is 17.7 Å². The molecule has 1 saturated carbocycles. The van der Waals surface area contributed by atoms with Gasteiger partial charge in [-0.2, -0.15) is 0 Å². The fourth-order valence-electron chi connectivity index (χ4n) is 3.91. The lowest BCUT2D eigenvalue weighted by atomic mass is 10.0. The first-order valence-electron chi connectivity index (χ1n) is 10.2. The van der Waals surface area contributed by atoms with Gasteiger partial charge in [0.05, 0.1) is 19.2 Å². The number of benzene rings is 2. The molecule has 8 heteroatoms. The lowest BCUT2D eigenvalue weighted by molar-refractivity contribution is 0.0532. The Morgan fingerprint density at radius 1 is 1.06 bits per heavy atom. The predicted molar refractivity (Wildman–Crippen MR) is 116 cm³/mol. The Bertz CT molecular complexity index is 1000. The van der Waals surface area contributed by atoms with Gasteiger partial charge in [0.25, 0.3) is 5.91 Å². The van der Waals surface area contributed by atoms with Gasteiger partial charge >= 0.3 is 5.97 Å². The van der Waals surface area contributed by atoms with Crippen LogP contribution in [0.15, 0.2) is 30.3 Å². The number of likely N-dealkylation sites (tertiary alicyclic amines) is 1. The summed E-state index contributed by atoms with van der Waals surface area (Å²) in [5.41, 5.74) is 1.15. The van der Waals surface area contributed by atoms with Crippen molar-refractivity contribution in [1.29, 1.82) is 0 Å². The number of carbonyl (C=O) groups excluding carboxylic acids is 2. The maximum atomic E-state index is 14.5. The van der Waals surface area contributed by atoms with Crippen molar-refractivity contribution < 1.29 is 23.5 Å². The second-order valence-corrected chi connectivity index (χ2v) is 8.80. The van der Waals surface area contributed by atoms with Gasteiger partial charge in [-0.25, -0.2) is 9.18 Å². The van der Waals surface area contributed by atoms with Crippen molar-refractivity contribution in [2.75, 3.05) is 20.2 Å². The smallest absolute Gasteiger partial charge is 0.340 e. The zero-order chi connectivity index (χ0) is 22.1. The van der Waals surface area contributed by atoms with Crippen molar-refractivity contribution in [3.05, 3.63) is 62.9 Å². The quantitative estimate of drug-likeness (QED) is 0.548. The summed E-state index contributed by atoms with van der Waals surface area (Å²) in [4.78, 5) is 26.5. The number of hydrogen-bond donors (Lipinski definition) is 0. The number of piperidine rings is 1. The largest absolute Gasteiger partial charge is 0.488 e. The third kappa shape index (κ3) is 4.96. The van der Waals surface area contributed by atoms with E-state index in [-0.39, 0.29) is 23.5 Å². The summed E-state index contributed by atoms with van der Waals surface area (Å²) in [6.07, 6.45) is 3.14. The van der Waals surface area contributed by atoms with Crippen molar-refractivity contribution in [2.24, 2.45) is 0 Å². The van der Waals surface area contributed by atoms with Gasteiger partial charge in [-0.3, -0.25) is 4.79 Å². The minimum atomic E-state index is -0.708. The summed E-state index contributed by atoms with van der Waals surface area (Å²) >= 11 is 12.1. The van der Waals surface area contributed by atoms with E-state index in [0.29, 0.717) is 34.4 Å². The first-order chi connectivity index (χ1) is 14.9. The number of ether oxygens (including phenoxy) is 2. The summed E-state index contributed by atoms with van der Waals surface area (Å²) in [5, 5.41) is 0.798. The van der Waals surface area contributed by atoms with Crippen LogP contribution in [0.1, 0.15) is 57.9 Å². The highest BCUT2D eigenvalue weighted by molar-refractivity contribution is 6.35. The molecule has 1 unspecified atom stereocenters. The van der Waals surface area contributed by atoms with E-state index in [4.69, 9.17) is 27.9 Å². The molecule has 5 nitrogen and oxygen atoms in total. The van der Waals surface area contributed by atoms with Crippen LogP contribution in [-0.2, 0) is 4.74 Å². The number of carbonyl (C=O) groups is 2. The van der Waals surface area contributed by atoms with Gasteiger partial charge in [0.2, 0.25) is 0 Å². The molecule has 0 N–H and O–H groups in total. The Balaban J connectivity index is 1.52. The Morgan fingerprint density at radius 2 is 1.77 bits per heavy atom. The molecule has 0 bridgehead atoms. The molecule has 2 aliphatic rings. The standard InChI is InChI=1S/C23H22Cl2FNO4/c1-30-23(29)19-10-18(13-4-5-13)21(11-20(19)26)31-17-3-2-6-27(12-17)22(28)14-7-15(24)9-16(25)8-14/h7-11,13,17H,2-6,12H2,1H3. The molecule has 31 heavy (non-hydrogen) atoms. The van der Waals surface area contributed by atoms with Crippen molar-refractivity contribution in [3.63, 3.8) is 0 Å². The Kier molecular flexibility index (Phi) is 6.39. The molecule has 164 valence electrons. The number of esters is 1. The molecular weight excluding hydrogens is 444 g/mol. The van der Waals surface area contributed by atoms with E-state index in [0.717, 1.165) is 31.2 Å².